The van der Waals surface area contributed by atoms with E-state index in [1.807, 2.05) is 23.9 Å². The summed E-state index contributed by atoms with van der Waals surface area (Å²) >= 11 is 1.81. The van der Waals surface area contributed by atoms with Gasteiger partial charge in [0.05, 0.1) is 11.1 Å². The fourth-order valence-corrected chi connectivity index (χ4v) is 2.37. The van der Waals surface area contributed by atoms with Gasteiger partial charge in [0.25, 0.3) is 0 Å². The van der Waals surface area contributed by atoms with Crippen LogP contribution in [0.3, 0.4) is 0 Å². The van der Waals surface area contributed by atoms with E-state index in [1.54, 1.807) is 12.4 Å². The van der Waals surface area contributed by atoms with Crippen LogP contribution in [0.25, 0.3) is 11.0 Å². The molecular weight excluding hydrogens is 206 g/mol. The van der Waals surface area contributed by atoms with E-state index in [0.717, 1.165) is 21.7 Å². The van der Waals surface area contributed by atoms with Crippen molar-refractivity contribution in [2.75, 3.05) is 5.75 Å². The molecule has 0 N–H and O–H groups in total. The number of hydrogen-bond acceptors (Lipinski definition) is 4. The van der Waals surface area contributed by atoms with Gasteiger partial charge in [0.1, 0.15) is 11.0 Å². The summed E-state index contributed by atoms with van der Waals surface area (Å²) in [4.78, 5) is 5.47. The summed E-state index contributed by atoms with van der Waals surface area (Å²) < 4.78 is 0. The number of aromatic nitrogens is 3. The normalized spacial score (nSPS) is 10.7. The smallest absolute Gasteiger partial charge is 0.113 e. The molecule has 4 heteroatoms. The van der Waals surface area contributed by atoms with Crippen molar-refractivity contribution in [1.82, 2.24) is 15.2 Å². The van der Waals surface area contributed by atoms with Gasteiger partial charge in [-0.15, -0.1) is 16.9 Å². The van der Waals surface area contributed by atoms with E-state index in [2.05, 4.69) is 22.1 Å². The molecule has 3 nitrogen and oxygen atoms in total. The maximum atomic E-state index is 4.34. The fourth-order valence-electron chi connectivity index (χ4n) is 1.30. The largest absolute Gasteiger partial charge is 0.253 e. The molecule has 2 heterocycles. The Morgan fingerprint density at radius 3 is 3.20 bits per heavy atom. The predicted octanol–water partition coefficient (Wildman–Crippen LogP) is 2.92. The number of pyridine rings is 1. The number of thioether (sulfide) groups is 1. The van der Waals surface area contributed by atoms with Gasteiger partial charge in [-0.3, -0.25) is 4.98 Å². The molecular formula is C11H13N3S. The highest BCUT2D eigenvalue weighted by atomic mass is 32.2. The molecule has 2 aromatic heterocycles. The molecule has 0 saturated heterocycles. The first kappa shape index (κ1) is 10.4. The number of unbranched alkanes of at least 4 members (excludes halogenated alkanes) is 1. The highest BCUT2D eigenvalue weighted by Gasteiger charge is 2.03. The van der Waals surface area contributed by atoms with Crippen LogP contribution in [0.15, 0.2) is 29.4 Å². The summed E-state index contributed by atoms with van der Waals surface area (Å²) in [5, 5.41) is 8.02. The molecule has 0 fully saturated rings. The summed E-state index contributed by atoms with van der Waals surface area (Å²) in [6, 6.07) is 3.83. The molecule has 0 aliphatic carbocycles. The topological polar surface area (TPSA) is 38.7 Å². The number of fused-ring (bicyclic) bond motifs is 1. The predicted molar refractivity (Wildman–Crippen MR) is 63.0 cm³/mol. The highest BCUT2D eigenvalue weighted by molar-refractivity contribution is 7.99. The van der Waals surface area contributed by atoms with Gasteiger partial charge >= 0.3 is 0 Å². The second-order valence-corrected chi connectivity index (χ2v) is 4.42. The summed E-state index contributed by atoms with van der Waals surface area (Å²) in [6.45, 7) is 2.20. The molecule has 0 radical (unpaired) electrons. The molecule has 0 spiro atoms. The van der Waals surface area contributed by atoms with Crippen molar-refractivity contribution in [3.05, 3.63) is 24.5 Å². The van der Waals surface area contributed by atoms with E-state index < -0.39 is 0 Å². The van der Waals surface area contributed by atoms with E-state index in [9.17, 15) is 0 Å². The molecule has 0 amide bonds. The molecule has 2 aromatic rings. The van der Waals surface area contributed by atoms with Gasteiger partial charge in [0.15, 0.2) is 0 Å². The second kappa shape index (κ2) is 5.07. The summed E-state index contributed by atoms with van der Waals surface area (Å²) in [6.07, 6.45) is 6.04. The average molecular weight is 219 g/mol. The molecule has 0 bridgehead atoms. The van der Waals surface area contributed by atoms with Crippen molar-refractivity contribution in [2.24, 2.45) is 0 Å². The van der Waals surface area contributed by atoms with Crippen LogP contribution in [0.4, 0.5) is 0 Å². The van der Waals surface area contributed by atoms with Crippen LogP contribution in [0, 0.1) is 0 Å². The summed E-state index contributed by atoms with van der Waals surface area (Å²) in [7, 11) is 0. The van der Waals surface area contributed by atoms with Crippen molar-refractivity contribution < 1.29 is 0 Å². The average Bonchev–Trinajstić information content (AvgIpc) is 2.30. The third-order valence-corrected chi connectivity index (χ3v) is 3.22. The summed E-state index contributed by atoms with van der Waals surface area (Å²) in [5.74, 6) is 1.12. The molecule has 0 aromatic carbocycles. The van der Waals surface area contributed by atoms with Crippen LogP contribution < -0.4 is 0 Å². The Kier molecular flexibility index (Phi) is 3.50. The molecule has 15 heavy (non-hydrogen) atoms. The van der Waals surface area contributed by atoms with Gasteiger partial charge < -0.3 is 0 Å². The third kappa shape index (κ3) is 2.45. The number of hydrogen-bond donors (Lipinski definition) is 0. The van der Waals surface area contributed by atoms with Crippen LogP contribution in [0.5, 0.6) is 0 Å². The summed E-state index contributed by atoms with van der Waals surface area (Å²) in [5.41, 5.74) is 1.84. The van der Waals surface area contributed by atoms with Gasteiger partial charge in [0.2, 0.25) is 0 Å². The minimum atomic E-state index is 0.874. The van der Waals surface area contributed by atoms with Crippen molar-refractivity contribution >= 4 is 22.8 Å². The van der Waals surface area contributed by atoms with Gasteiger partial charge in [-0.1, -0.05) is 13.3 Å². The lowest BCUT2D eigenvalue weighted by Gasteiger charge is -2.02. The first-order chi connectivity index (χ1) is 7.42. The Bertz CT molecular complexity index is 439. The molecule has 0 aliphatic rings. The van der Waals surface area contributed by atoms with Crippen molar-refractivity contribution in [2.45, 2.75) is 24.7 Å². The van der Waals surface area contributed by atoms with E-state index >= 15 is 0 Å². The lowest BCUT2D eigenvalue weighted by molar-refractivity contribution is 0.895. The van der Waals surface area contributed by atoms with Crippen molar-refractivity contribution in [3.63, 3.8) is 0 Å². The zero-order valence-corrected chi connectivity index (χ0v) is 9.50. The molecule has 0 unspecified atom stereocenters. The quantitative estimate of drug-likeness (QED) is 0.585. The Balaban J connectivity index is 2.26. The van der Waals surface area contributed by atoms with Crippen LogP contribution in [0.2, 0.25) is 0 Å². The third-order valence-electron chi connectivity index (χ3n) is 2.12. The maximum Gasteiger partial charge on any atom is 0.113 e. The van der Waals surface area contributed by atoms with Gasteiger partial charge in [-0.2, -0.15) is 5.10 Å². The minimum Gasteiger partial charge on any atom is -0.253 e. The Morgan fingerprint density at radius 1 is 1.40 bits per heavy atom. The van der Waals surface area contributed by atoms with Gasteiger partial charge in [-0.05, 0) is 24.3 Å². The van der Waals surface area contributed by atoms with Crippen molar-refractivity contribution in [1.29, 1.82) is 0 Å². The number of nitrogens with zero attached hydrogens (tertiary/aromatic N) is 3. The second-order valence-electron chi connectivity index (χ2n) is 3.28. The van der Waals surface area contributed by atoms with E-state index in [-0.39, 0.29) is 0 Å². The standard InChI is InChI=1S/C11H13N3S/c1-2-3-7-15-10-8-13-14-9-5-4-6-12-11(9)10/h4-6,8H,2-3,7H2,1H3. The van der Waals surface area contributed by atoms with E-state index in [1.165, 1.54) is 12.8 Å². The van der Waals surface area contributed by atoms with Gasteiger partial charge in [0, 0.05) is 6.20 Å². The lowest BCUT2D eigenvalue weighted by Crippen LogP contribution is -1.89. The van der Waals surface area contributed by atoms with Crippen LogP contribution in [0.1, 0.15) is 19.8 Å². The zero-order chi connectivity index (χ0) is 10.5. The Hall–Kier alpha value is -1.16. The Morgan fingerprint density at radius 2 is 2.33 bits per heavy atom. The first-order valence-electron chi connectivity index (χ1n) is 5.11. The first-order valence-corrected chi connectivity index (χ1v) is 6.09. The molecule has 0 atom stereocenters. The number of rotatable bonds is 4. The van der Waals surface area contributed by atoms with Gasteiger partial charge in [-0.25, -0.2) is 0 Å². The molecule has 0 saturated carbocycles. The zero-order valence-electron chi connectivity index (χ0n) is 8.68. The SMILES string of the molecule is CCCCSc1cnnc2cccnc12. The highest BCUT2D eigenvalue weighted by Crippen LogP contribution is 2.24. The minimum absolute atomic E-state index is 0.874. The van der Waals surface area contributed by atoms with Crippen LogP contribution >= 0.6 is 11.8 Å². The fraction of sp³-hybridized carbons (Fsp3) is 0.364. The van der Waals surface area contributed by atoms with E-state index in [4.69, 9.17) is 0 Å². The lowest BCUT2D eigenvalue weighted by atomic mass is 10.3. The maximum absolute atomic E-state index is 4.34. The van der Waals surface area contributed by atoms with Crippen molar-refractivity contribution in [3.8, 4) is 0 Å². The monoisotopic (exact) mass is 219 g/mol. The van der Waals surface area contributed by atoms with Crippen LogP contribution in [-0.4, -0.2) is 20.9 Å². The Labute approximate surface area is 93.3 Å². The van der Waals surface area contributed by atoms with Crippen LogP contribution in [-0.2, 0) is 0 Å². The molecule has 2 rings (SSSR count). The molecule has 78 valence electrons. The molecule has 0 aliphatic heterocycles. The van der Waals surface area contributed by atoms with E-state index in [0.29, 0.717) is 0 Å².